The van der Waals surface area contributed by atoms with E-state index in [1.165, 1.54) is 6.42 Å². The minimum Gasteiger partial charge on any atom is -0.342 e. The van der Waals surface area contributed by atoms with Gasteiger partial charge in [-0.1, -0.05) is 6.92 Å². The molecule has 3 amide bonds. The molecule has 2 fully saturated rings. The zero-order chi connectivity index (χ0) is 16.1. The fourth-order valence-electron chi connectivity index (χ4n) is 3.44. The molecule has 0 aromatic rings. The molecule has 126 valence electrons. The number of rotatable bonds is 2. The molecule has 0 aromatic heterocycles. The summed E-state index contributed by atoms with van der Waals surface area (Å²) in [6, 6.07) is 0.104. The van der Waals surface area contributed by atoms with Crippen LogP contribution < -0.4 is 5.32 Å². The molecule has 0 aromatic carbocycles. The number of likely N-dealkylation sites (tertiary alicyclic amines) is 2. The summed E-state index contributed by atoms with van der Waals surface area (Å²) in [5, 5.41) is 2.93. The van der Waals surface area contributed by atoms with Gasteiger partial charge in [0.25, 0.3) is 0 Å². The van der Waals surface area contributed by atoms with Crippen molar-refractivity contribution in [1.29, 1.82) is 0 Å². The summed E-state index contributed by atoms with van der Waals surface area (Å²) in [5.41, 5.74) is 0. The third-order valence-electron chi connectivity index (χ3n) is 4.80. The van der Waals surface area contributed by atoms with E-state index in [0.29, 0.717) is 6.54 Å². The van der Waals surface area contributed by atoms with E-state index in [0.717, 1.165) is 51.2 Å². The summed E-state index contributed by atoms with van der Waals surface area (Å²) in [4.78, 5) is 28.8. The Hall–Kier alpha value is -1.26. The number of hydrogen-bond acceptors (Lipinski definition) is 2. The van der Waals surface area contributed by atoms with Crippen molar-refractivity contribution in [2.24, 2.45) is 11.8 Å². The van der Waals surface area contributed by atoms with Crippen LogP contribution in [-0.2, 0) is 4.79 Å². The van der Waals surface area contributed by atoms with E-state index >= 15 is 0 Å². The Balaban J connectivity index is 1.90. The maximum absolute atomic E-state index is 12.8. The number of hydrogen-bond donors (Lipinski definition) is 1. The number of nitrogens with one attached hydrogen (secondary N) is 1. The van der Waals surface area contributed by atoms with Crippen molar-refractivity contribution in [3.63, 3.8) is 0 Å². The van der Waals surface area contributed by atoms with Crippen LogP contribution in [0.2, 0.25) is 0 Å². The standard InChI is InChI=1S/C17H31N3O2/c1-13(2)18-17(22)20-10-5-7-15(12-20)16(21)19-9-4-6-14(3)8-11-19/h13-15H,4-12H2,1-3H3,(H,18,22)/t14-,15+/m0/s1. The third-order valence-corrected chi connectivity index (χ3v) is 4.80. The summed E-state index contributed by atoms with van der Waals surface area (Å²) in [6.45, 7) is 9.30. The monoisotopic (exact) mass is 309 g/mol. The predicted molar refractivity (Wildman–Crippen MR) is 87.6 cm³/mol. The van der Waals surface area contributed by atoms with Crippen molar-refractivity contribution in [1.82, 2.24) is 15.1 Å². The maximum Gasteiger partial charge on any atom is 0.317 e. The van der Waals surface area contributed by atoms with Crippen molar-refractivity contribution in [2.45, 2.75) is 58.9 Å². The smallest absolute Gasteiger partial charge is 0.317 e. The van der Waals surface area contributed by atoms with Gasteiger partial charge in [0, 0.05) is 32.2 Å². The van der Waals surface area contributed by atoms with Crippen LogP contribution in [0.15, 0.2) is 0 Å². The van der Waals surface area contributed by atoms with E-state index in [1.807, 2.05) is 23.6 Å². The Morgan fingerprint density at radius 1 is 1.00 bits per heavy atom. The topological polar surface area (TPSA) is 52.7 Å². The largest absolute Gasteiger partial charge is 0.342 e. The number of carbonyl (C=O) groups excluding carboxylic acids is 2. The number of piperidine rings is 1. The van der Waals surface area contributed by atoms with E-state index in [-0.39, 0.29) is 23.9 Å². The van der Waals surface area contributed by atoms with Crippen LogP contribution >= 0.6 is 0 Å². The number of urea groups is 1. The van der Waals surface area contributed by atoms with Crippen LogP contribution in [0.4, 0.5) is 4.79 Å². The molecule has 2 saturated heterocycles. The van der Waals surface area contributed by atoms with Crippen LogP contribution in [0.1, 0.15) is 52.9 Å². The molecule has 2 atom stereocenters. The van der Waals surface area contributed by atoms with E-state index in [1.54, 1.807) is 0 Å². The lowest BCUT2D eigenvalue weighted by Crippen LogP contribution is -2.50. The maximum atomic E-state index is 12.8. The number of nitrogens with zero attached hydrogens (tertiary/aromatic N) is 2. The first-order valence-corrected chi connectivity index (χ1v) is 8.81. The van der Waals surface area contributed by atoms with Gasteiger partial charge in [-0.15, -0.1) is 0 Å². The molecule has 0 unspecified atom stereocenters. The van der Waals surface area contributed by atoms with Gasteiger partial charge >= 0.3 is 6.03 Å². The molecule has 2 heterocycles. The number of carbonyl (C=O) groups is 2. The predicted octanol–water partition coefficient (Wildman–Crippen LogP) is 2.46. The van der Waals surface area contributed by atoms with Crippen molar-refractivity contribution >= 4 is 11.9 Å². The van der Waals surface area contributed by atoms with Crippen molar-refractivity contribution in [3.05, 3.63) is 0 Å². The second-order valence-electron chi connectivity index (χ2n) is 7.25. The fraction of sp³-hybridized carbons (Fsp3) is 0.882. The molecule has 0 spiro atoms. The van der Waals surface area contributed by atoms with Gasteiger partial charge in [-0.25, -0.2) is 4.79 Å². The third kappa shape index (κ3) is 4.62. The Kier molecular flexibility index (Phi) is 6.09. The molecular weight excluding hydrogens is 278 g/mol. The summed E-state index contributed by atoms with van der Waals surface area (Å²) >= 11 is 0. The van der Waals surface area contributed by atoms with E-state index in [9.17, 15) is 9.59 Å². The highest BCUT2D eigenvalue weighted by atomic mass is 16.2. The highest BCUT2D eigenvalue weighted by molar-refractivity contribution is 5.81. The summed E-state index contributed by atoms with van der Waals surface area (Å²) in [7, 11) is 0. The molecule has 22 heavy (non-hydrogen) atoms. The molecule has 0 saturated carbocycles. The molecule has 2 aliphatic rings. The van der Waals surface area contributed by atoms with Crippen molar-refractivity contribution in [3.8, 4) is 0 Å². The Labute approximate surface area is 134 Å². The zero-order valence-corrected chi connectivity index (χ0v) is 14.3. The lowest BCUT2D eigenvalue weighted by atomic mass is 9.96. The highest BCUT2D eigenvalue weighted by Crippen LogP contribution is 2.22. The van der Waals surface area contributed by atoms with Crippen LogP contribution in [0.3, 0.4) is 0 Å². The van der Waals surface area contributed by atoms with Crippen LogP contribution in [0.25, 0.3) is 0 Å². The average molecular weight is 309 g/mol. The molecule has 0 aliphatic carbocycles. The quantitative estimate of drug-likeness (QED) is 0.852. The molecule has 5 nitrogen and oxygen atoms in total. The summed E-state index contributed by atoms with van der Waals surface area (Å²) < 4.78 is 0. The minimum absolute atomic E-state index is 0.0138. The molecule has 1 N–H and O–H groups in total. The van der Waals surface area contributed by atoms with Crippen molar-refractivity contribution in [2.75, 3.05) is 26.2 Å². The Morgan fingerprint density at radius 3 is 2.41 bits per heavy atom. The van der Waals surface area contributed by atoms with Gasteiger partial charge < -0.3 is 15.1 Å². The minimum atomic E-state index is -0.0306. The van der Waals surface area contributed by atoms with Crippen LogP contribution in [0.5, 0.6) is 0 Å². The van der Waals surface area contributed by atoms with Crippen molar-refractivity contribution < 1.29 is 9.59 Å². The second-order valence-corrected chi connectivity index (χ2v) is 7.25. The molecule has 0 bridgehead atoms. The van der Waals surface area contributed by atoms with Crippen LogP contribution in [-0.4, -0.2) is 54.0 Å². The van der Waals surface area contributed by atoms with Gasteiger partial charge in [0.2, 0.25) is 5.91 Å². The zero-order valence-electron chi connectivity index (χ0n) is 14.3. The Bertz CT molecular complexity index is 397. The normalized spacial score (nSPS) is 26.7. The molecule has 5 heteroatoms. The van der Waals surface area contributed by atoms with Gasteiger partial charge in [0.1, 0.15) is 0 Å². The lowest BCUT2D eigenvalue weighted by Gasteiger charge is -2.35. The van der Waals surface area contributed by atoms with Crippen LogP contribution in [0, 0.1) is 11.8 Å². The van der Waals surface area contributed by atoms with E-state index < -0.39 is 0 Å². The number of amides is 3. The highest BCUT2D eigenvalue weighted by Gasteiger charge is 2.31. The van der Waals surface area contributed by atoms with E-state index in [4.69, 9.17) is 0 Å². The van der Waals surface area contributed by atoms with Gasteiger partial charge in [-0.2, -0.15) is 0 Å². The first-order chi connectivity index (χ1) is 10.5. The summed E-state index contributed by atoms with van der Waals surface area (Å²) in [5.74, 6) is 0.966. The molecule has 2 rings (SSSR count). The summed E-state index contributed by atoms with van der Waals surface area (Å²) in [6.07, 6.45) is 5.27. The first kappa shape index (κ1) is 17.1. The second kappa shape index (κ2) is 7.84. The first-order valence-electron chi connectivity index (χ1n) is 8.81. The van der Waals surface area contributed by atoms with Gasteiger partial charge in [0.05, 0.1) is 5.92 Å². The van der Waals surface area contributed by atoms with Gasteiger partial charge in [-0.3, -0.25) is 4.79 Å². The van der Waals surface area contributed by atoms with Gasteiger partial charge in [0.15, 0.2) is 0 Å². The SMILES string of the molecule is CC(C)NC(=O)N1CCC[C@@H](C(=O)N2CCC[C@H](C)CC2)C1. The Morgan fingerprint density at radius 2 is 1.68 bits per heavy atom. The lowest BCUT2D eigenvalue weighted by molar-refractivity contribution is -0.136. The average Bonchev–Trinajstić information content (AvgIpc) is 2.70. The molecule has 2 aliphatic heterocycles. The van der Waals surface area contributed by atoms with E-state index in [2.05, 4.69) is 12.2 Å². The fourth-order valence-corrected chi connectivity index (χ4v) is 3.44. The molecule has 0 radical (unpaired) electrons. The molecular formula is C17H31N3O2. The van der Waals surface area contributed by atoms with Gasteiger partial charge in [-0.05, 0) is 51.9 Å².